The Morgan fingerprint density at radius 1 is 0.969 bits per heavy atom. The molecule has 7 nitrogen and oxygen atoms in total. The monoisotopic (exact) mass is 451 g/mol. The molecule has 4 rings (SSSR count). The maximum absolute atomic E-state index is 12.7. The molecule has 1 fully saturated rings. The molecule has 1 N–H and O–H groups in total. The average Bonchev–Trinajstić information content (AvgIpc) is 2.85. The zero-order valence-electron chi connectivity index (χ0n) is 17.8. The van der Waals surface area contributed by atoms with E-state index in [0.29, 0.717) is 29.5 Å². The molecule has 0 aliphatic carbocycles. The number of para-hydroxylation sites is 1. The SMILES string of the molecule is O=C(NCCN1CCN(c2ncccn2)CC1)c1ccccc1OCc1ccc(Cl)cc1. The average molecular weight is 452 g/mol. The van der Waals surface area contributed by atoms with Crippen LogP contribution in [0.15, 0.2) is 67.0 Å². The first kappa shape index (κ1) is 22.0. The van der Waals surface area contributed by atoms with Crippen LogP contribution in [0.2, 0.25) is 5.02 Å². The summed E-state index contributed by atoms with van der Waals surface area (Å²) in [5.74, 6) is 1.21. The van der Waals surface area contributed by atoms with E-state index in [9.17, 15) is 4.79 Å². The van der Waals surface area contributed by atoms with E-state index in [1.165, 1.54) is 0 Å². The Balaban J connectivity index is 1.23. The largest absolute Gasteiger partial charge is 0.488 e. The van der Waals surface area contributed by atoms with Crippen LogP contribution in [0.3, 0.4) is 0 Å². The van der Waals surface area contributed by atoms with E-state index in [-0.39, 0.29) is 5.91 Å². The van der Waals surface area contributed by atoms with Gasteiger partial charge in [-0.15, -0.1) is 0 Å². The third-order valence-electron chi connectivity index (χ3n) is 5.36. The number of amides is 1. The molecular formula is C24H26ClN5O2. The van der Waals surface area contributed by atoms with Crippen molar-refractivity contribution < 1.29 is 9.53 Å². The van der Waals surface area contributed by atoms with Gasteiger partial charge in [0.1, 0.15) is 12.4 Å². The number of aromatic nitrogens is 2. The highest BCUT2D eigenvalue weighted by molar-refractivity contribution is 6.30. The Bertz CT molecular complexity index is 1010. The van der Waals surface area contributed by atoms with Gasteiger partial charge in [-0.25, -0.2) is 9.97 Å². The molecule has 1 aliphatic rings. The van der Waals surface area contributed by atoms with Gasteiger partial charge in [0.05, 0.1) is 5.56 Å². The van der Waals surface area contributed by atoms with Crippen LogP contribution in [0.25, 0.3) is 0 Å². The Morgan fingerprint density at radius 3 is 2.44 bits per heavy atom. The molecular weight excluding hydrogens is 426 g/mol. The van der Waals surface area contributed by atoms with Crippen molar-refractivity contribution in [1.29, 1.82) is 0 Å². The van der Waals surface area contributed by atoms with Crippen molar-refractivity contribution in [2.45, 2.75) is 6.61 Å². The van der Waals surface area contributed by atoms with Gasteiger partial charge in [-0.3, -0.25) is 9.69 Å². The summed E-state index contributed by atoms with van der Waals surface area (Å²) in [6.45, 7) is 5.31. The van der Waals surface area contributed by atoms with E-state index in [1.54, 1.807) is 18.5 Å². The molecule has 0 atom stereocenters. The quantitative estimate of drug-likeness (QED) is 0.567. The lowest BCUT2D eigenvalue weighted by molar-refractivity contribution is 0.0943. The van der Waals surface area contributed by atoms with Crippen LogP contribution in [0.5, 0.6) is 5.75 Å². The van der Waals surface area contributed by atoms with Crippen LogP contribution in [-0.4, -0.2) is 60.0 Å². The minimum Gasteiger partial charge on any atom is -0.488 e. The lowest BCUT2D eigenvalue weighted by Gasteiger charge is -2.34. The Labute approximate surface area is 193 Å². The van der Waals surface area contributed by atoms with Gasteiger partial charge in [0.2, 0.25) is 5.95 Å². The number of anilines is 1. The number of carbonyl (C=O) groups excluding carboxylic acids is 1. The number of piperazine rings is 1. The second-order valence-electron chi connectivity index (χ2n) is 7.54. The standard InChI is InChI=1S/C24H26ClN5O2/c25-20-8-6-19(7-9-20)18-32-22-5-2-1-4-21(22)23(31)26-12-13-29-14-16-30(17-15-29)24-27-10-3-11-28-24/h1-11H,12-18H2,(H,26,31). The summed E-state index contributed by atoms with van der Waals surface area (Å²) in [5, 5.41) is 3.70. The van der Waals surface area contributed by atoms with Crippen molar-refractivity contribution in [2.24, 2.45) is 0 Å². The lowest BCUT2D eigenvalue weighted by Crippen LogP contribution is -2.49. The predicted octanol–water partition coefficient (Wildman–Crippen LogP) is 3.26. The predicted molar refractivity (Wildman–Crippen MR) is 125 cm³/mol. The van der Waals surface area contributed by atoms with Gasteiger partial charge in [0.25, 0.3) is 5.91 Å². The van der Waals surface area contributed by atoms with E-state index in [1.807, 2.05) is 48.5 Å². The number of nitrogens with one attached hydrogen (secondary N) is 1. The van der Waals surface area contributed by atoms with Crippen molar-refractivity contribution in [3.63, 3.8) is 0 Å². The molecule has 0 radical (unpaired) electrons. The number of nitrogens with zero attached hydrogens (tertiary/aromatic N) is 4. The molecule has 0 bridgehead atoms. The molecule has 2 aromatic carbocycles. The number of ether oxygens (including phenoxy) is 1. The summed E-state index contributed by atoms with van der Waals surface area (Å²) in [5.41, 5.74) is 1.53. The second-order valence-corrected chi connectivity index (χ2v) is 7.98. The van der Waals surface area contributed by atoms with E-state index in [4.69, 9.17) is 16.3 Å². The first-order valence-electron chi connectivity index (χ1n) is 10.7. The molecule has 3 aromatic rings. The highest BCUT2D eigenvalue weighted by atomic mass is 35.5. The van der Waals surface area contributed by atoms with E-state index < -0.39 is 0 Å². The molecule has 1 aromatic heterocycles. The number of hydrogen-bond donors (Lipinski definition) is 1. The summed E-state index contributed by atoms with van der Waals surface area (Å²) >= 11 is 5.93. The maximum Gasteiger partial charge on any atom is 0.255 e. The lowest BCUT2D eigenvalue weighted by atomic mass is 10.2. The summed E-state index contributed by atoms with van der Waals surface area (Å²) in [6.07, 6.45) is 3.53. The van der Waals surface area contributed by atoms with E-state index in [2.05, 4.69) is 25.1 Å². The maximum atomic E-state index is 12.7. The number of benzene rings is 2. The molecule has 166 valence electrons. The fraction of sp³-hybridized carbons (Fsp3) is 0.292. The Kier molecular flexibility index (Phi) is 7.53. The van der Waals surface area contributed by atoms with Gasteiger partial charge >= 0.3 is 0 Å². The normalized spacial score (nSPS) is 14.2. The highest BCUT2D eigenvalue weighted by Gasteiger charge is 2.19. The second kappa shape index (κ2) is 10.9. The number of rotatable bonds is 8. The first-order valence-corrected chi connectivity index (χ1v) is 11.1. The fourth-order valence-corrected chi connectivity index (χ4v) is 3.70. The summed E-state index contributed by atoms with van der Waals surface area (Å²) in [7, 11) is 0. The number of hydrogen-bond acceptors (Lipinski definition) is 6. The van der Waals surface area contributed by atoms with Gasteiger partial charge in [-0.2, -0.15) is 0 Å². The van der Waals surface area contributed by atoms with Crippen LogP contribution in [0.4, 0.5) is 5.95 Å². The molecule has 32 heavy (non-hydrogen) atoms. The molecule has 1 saturated heterocycles. The zero-order valence-corrected chi connectivity index (χ0v) is 18.5. The number of carbonyl (C=O) groups is 1. The first-order chi connectivity index (χ1) is 15.7. The molecule has 1 amide bonds. The van der Waals surface area contributed by atoms with Crippen LogP contribution >= 0.6 is 11.6 Å². The van der Waals surface area contributed by atoms with Crippen molar-refractivity contribution >= 4 is 23.5 Å². The molecule has 0 saturated carbocycles. The summed E-state index contributed by atoms with van der Waals surface area (Å²) in [6, 6.07) is 16.6. The van der Waals surface area contributed by atoms with E-state index in [0.717, 1.165) is 44.2 Å². The molecule has 0 spiro atoms. The van der Waals surface area contributed by atoms with Crippen molar-refractivity contribution in [1.82, 2.24) is 20.2 Å². The summed E-state index contributed by atoms with van der Waals surface area (Å²) < 4.78 is 5.90. The van der Waals surface area contributed by atoms with Gasteiger partial charge in [-0.05, 0) is 35.9 Å². The van der Waals surface area contributed by atoms with Crippen molar-refractivity contribution in [2.75, 3.05) is 44.2 Å². The zero-order chi connectivity index (χ0) is 22.2. The van der Waals surface area contributed by atoms with Crippen LogP contribution in [0, 0.1) is 0 Å². The van der Waals surface area contributed by atoms with Crippen LogP contribution < -0.4 is 15.0 Å². The number of halogens is 1. The van der Waals surface area contributed by atoms with Gasteiger partial charge in [0, 0.05) is 56.7 Å². The Morgan fingerprint density at radius 2 is 1.69 bits per heavy atom. The van der Waals surface area contributed by atoms with Crippen LogP contribution in [0.1, 0.15) is 15.9 Å². The third kappa shape index (κ3) is 5.96. The van der Waals surface area contributed by atoms with Crippen molar-refractivity contribution in [3.05, 3.63) is 83.1 Å². The van der Waals surface area contributed by atoms with E-state index >= 15 is 0 Å². The molecule has 2 heterocycles. The van der Waals surface area contributed by atoms with Gasteiger partial charge < -0.3 is 15.0 Å². The summed E-state index contributed by atoms with van der Waals surface area (Å²) in [4.78, 5) is 25.9. The van der Waals surface area contributed by atoms with Gasteiger partial charge in [-0.1, -0.05) is 35.9 Å². The van der Waals surface area contributed by atoms with Crippen LogP contribution in [-0.2, 0) is 6.61 Å². The minimum absolute atomic E-state index is 0.131. The van der Waals surface area contributed by atoms with Gasteiger partial charge in [0.15, 0.2) is 0 Å². The topological polar surface area (TPSA) is 70.6 Å². The molecule has 8 heteroatoms. The fourth-order valence-electron chi connectivity index (χ4n) is 3.57. The highest BCUT2D eigenvalue weighted by Crippen LogP contribution is 2.20. The third-order valence-corrected chi connectivity index (χ3v) is 5.61. The Hall–Kier alpha value is -3.16. The van der Waals surface area contributed by atoms with Crippen molar-refractivity contribution in [3.8, 4) is 5.75 Å². The smallest absolute Gasteiger partial charge is 0.255 e. The molecule has 1 aliphatic heterocycles. The molecule has 0 unspecified atom stereocenters. The minimum atomic E-state index is -0.131.